The Hall–Kier alpha value is -2.32. The summed E-state index contributed by atoms with van der Waals surface area (Å²) in [4.78, 5) is 14.4. The average molecular weight is 347 g/mol. The number of piperidine rings is 1. The molecule has 1 aromatic heterocycles. The number of aromatic nitrogens is 3. The van der Waals surface area contributed by atoms with Gasteiger partial charge in [0.25, 0.3) is 5.91 Å². The molecule has 0 radical (unpaired) electrons. The van der Waals surface area contributed by atoms with E-state index in [0.29, 0.717) is 12.2 Å². The fourth-order valence-corrected chi connectivity index (χ4v) is 2.83. The summed E-state index contributed by atoms with van der Waals surface area (Å²) in [5.74, 6) is -0.604. The van der Waals surface area contributed by atoms with Gasteiger partial charge in [-0.05, 0) is 50.1 Å². The number of carbonyl (C=O) groups is 1. The number of likely N-dealkylation sites (tertiary alicyclic amines) is 1. The molecular weight excluding hydrogens is 325 g/mol. The van der Waals surface area contributed by atoms with E-state index in [2.05, 4.69) is 20.5 Å². The van der Waals surface area contributed by atoms with Crippen molar-refractivity contribution in [3.8, 4) is 5.69 Å². The summed E-state index contributed by atoms with van der Waals surface area (Å²) >= 11 is 0. The van der Waals surface area contributed by atoms with Crippen molar-refractivity contribution in [3.05, 3.63) is 42.0 Å². The topological polar surface area (TPSA) is 83.3 Å². The Labute approximate surface area is 145 Å². The number of carbonyl (C=O) groups excluding carboxylic acids is 1. The van der Waals surface area contributed by atoms with Crippen LogP contribution in [0.5, 0.6) is 0 Å². The molecule has 2 N–H and O–H groups in total. The summed E-state index contributed by atoms with van der Waals surface area (Å²) in [6, 6.07) is 5.80. The van der Waals surface area contributed by atoms with Crippen molar-refractivity contribution in [1.29, 1.82) is 0 Å². The SMILES string of the molecule is O=C(NCCCN1CCC(O)CC1)c1cn(-c2ccc(F)cc2)nn1. The van der Waals surface area contributed by atoms with Crippen molar-refractivity contribution in [2.75, 3.05) is 26.2 Å². The molecule has 1 aliphatic heterocycles. The average Bonchev–Trinajstić information content (AvgIpc) is 3.11. The van der Waals surface area contributed by atoms with Crippen LogP contribution in [0, 0.1) is 5.82 Å². The largest absolute Gasteiger partial charge is 0.393 e. The highest BCUT2D eigenvalue weighted by Gasteiger charge is 2.16. The first-order chi connectivity index (χ1) is 12.1. The van der Waals surface area contributed by atoms with Crippen molar-refractivity contribution < 1.29 is 14.3 Å². The van der Waals surface area contributed by atoms with E-state index in [0.717, 1.165) is 38.9 Å². The molecule has 1 saturated heterocycles. The summed E-state index contributed by atoms with van der Waals surface area (Å²) in [6.45, 7) is 3.26. The number of aliphatic hydroxyl groups excluding tert-OH is 1. The lowest BCUT2D eigenvalue weighted by molar-refractivity contribution is 0.0816. The van der Waals surface area contributed by atoms with Gasteiger partial charge in [0.05, 0.1) is 18.0 Å². The van der Waals surface area contributed by atoms with Gasteiger partial charge in [-0.25, -0.2) is 9.07 Å². The fourth-order valence-electron chi connectivity index (χ4n) is 2.83. The Morgan fingerprint density at radius 1 is 1.28 bits per heavy atom. The molecule has 1 fully saturated rings. The summed E-state index contributed by atoms with van der Waals surface area (Å²) in [5.41, 5.74) is 0.866. The molecule has 7 nitrogen and oxygen atoms in total. The molecule has 0 unspecified atom stereocenters. The molecule has 0 bridgehead atoms. The van der Waals surface area contributed by atoms with Gasteiger partial charge in [-0.1, -0.05) is 5.21 Å². The first-order valence-corrected chi connectivity index (χ1v) is 8.49. The van der Waals surface area contributed by atoms with E-state index in [-0.39, 0.29) is 23.5 Å². The van der Waals surface area contributed by atoms with E-state index in [1.54, 1.807) is 12.1 Å². The predicted molar refractivity (Wildman–Crippen MR) is 89.9 cm³/mol. The molecule has 1 amide bonds. The van der Waals surface area contributed by atoms with Crippen LogP contribution in [0.4, 0.5) is 4.39 Å². The van der Waals surface area contributed by atoms with Gasteiger partial charge in [0.2, 0.25) is 0 Å². The van der Waals surface area contributed by atoms with Gasteiger partial charge in [-0.15, -0.1) is 5.10 Å². The Balaban J connectivity index is 1.43. The smallest absolute Gasteiger partial charge is 0.273 e. The van der Waals surface area contributed by atoms with Crippen LogP contribution >= 0.6 is 0 Å². The molecule has 0 spiro atoms. The zero-order valence-electron chi connectivity index (χ0n) is 13.9. The molecule has 1 aromatic carbocycles. The fraction of sp³-hybridized carbons (Fsp3) is 0.471. The van der Waals surface area contributed by atoms with Crippen LogP contribution in [0.3, 0.4) is 0 Å². The van der Waals surface area contributed by atoms with E-state index < -0.39 is 0 Å². The monoisotopic (exact) mass is 347 g/mol. The van der Waals surface area contributed by atoms with Crippen molar-refractivity contribution >= 4 is 5.91 Å². The molecule has 0 aliphatic carbocycles. The van der Waals surface area contributed by atoms with Crippen LogP contribution in [0.1, 0.15) is 29.8 Å². The maximum Gasteiger partial charge on any atom is 0.273 e. The van der Waals surface area contributed by atoms with Crippen LogP contribution in [0.25, 0.3) is 5.69 Å². The summed E-state index contributed by atoms with van der Waals surface area (Å²) in [6.07, 6.45) is 3.83. The first kappa shape index (κ1) is 17.5. The molecule has 0 atom stereocenters. The third-order valence-electron chi connectivity index (χ3n) is 4.31. The lowest BCUT2D eigenvalue weighted by atomic mass is 10.1. The molecule has 25 heavy (non-hydrogen) atoms. The zero-order chi connectivity index (χ0) is 17.6. The number of nitrogens with zero attached hydrogens (tertiary/aromatic N) is 4. The molecule has 1 aliphatic rings. The van der Waals surface area contributed by atoms with Crippen LogP contribution in [-0.2, 0) is 0 Å². The second-order valence-corrected chi connectivity index (χ2v) is 6.21. The number of benzene rings is 1. The lowest BCUT2D eigenvalue weighted by Crippen LogP contribution is -2.37. The van der Waals surface area contributed by atoms with E-state index in [4.69, 9.17) is 0 Å². The summed E-state index contributed by atoms with van der Waals surface area (Å²) in [5, 5.41) is 20.1. The van der Waals surface area contributed by atoms with E-state index in [1.165, 1.54) is 23.0 Å². The minimum absolute atomic E-state index is 0.167. The molecule has 8 heteroatoms. The van der Waals surface area contributed by atoms with Gasteiger partial charge in [-0.2, -0.15) is 0 Å². The van der Waals surface area contributed by atoms with Crippen molar-refractivity contribution in [3.63, 3.8) is 0 Å². The maximum absolute atomic E-state index is 12.9. The highest BCUT2D eigenvalue weighted by molar-refractivity contribution is 5.91. The quantitative estimate of drug-likeness (QED) is 0.761. The Morgan fingerprint density at radius 2 is 2.00 bits per heavy atom. The number of nitrogens with one attached hydrogen (secondary N) is 1. The highest BCUT2D eigenvalue weighted by atomic mass is 19.1. The van der Waals surface area contributed by atoms with Crippen LogP contribution in [-0.4, -0.2) is 63.2 Å². The Bertz CT molecular complexity index is 695. The Kier molecular flexibility index (Phi) is 5.72. The standard InChI is InChI=1S/C17H22FN5O2/c18-13-2-4-14(5-3-13)23-12-16(20-21-23)17(25)19-8-1-9-22-10-6-15(24)7-11-22/h2-5,12,15,24H,1,6-11H2,(H,19,25). The molecule has 3 rings (SSSR count). The Morgan fingerprint density at radius 3 is 2.72 bits per heavy atom. The number of halogens is 1. The zero-order valence-corrected chi connectivity index (χ0v) is 13.9. The lowest BCUT2D eigenvalue weighted by Gasteiger charge is -2.29. The number of hydrogen-bond donors (Lipinski definition) is 2. The second kappa shape index (κ2) is 8.17. The third-order valence-corrected chi connectivity index (χ3v) is 4.31. The maximum atomic E-state index is 12.9. The second-order valence-electron chi connectivity index (χ2n) is 6.21. The summed E-state index contributed by atoms with van der Waals surface area (Å²) < 4.78 is 14.4. The first-order valence-electron chi connectivity index (χ1n) is 8.49. The van der Waals surface area contributed by atoms with E-state index in [1.807, 2.05) is 0 Å². The van der Waals surface area contributed by atoms with Gasteiger partial charge in [-0.3, -0.25) is 4.79 Å². The third kappa shape index (κ3) is 4.83. The minimum atomic E-state index is -0.329. The van der Waals surface area contributed by atoms with Gasteiger partial charge in [0, 0.05) is 19.6 Å². The normalized spacial score (nSPS) is 16.1. The minimum Gasteiger partial charge on any atom is -0.393 e. The predicted octanol–water partition coefficient (Wildman–Crippen LogP) is 0.983. The molecule has 0 saturated carbocycles. The van der Waals surface area contributed by atoms with Crippen LogP contribution in [0.15, 0.2) is 30.5 Å². The van der Waals surface area contributed by atoms with Gasteiger partial charge >= 0.3 is 0 Å². The van der Waals surface area contributed by atoms with Crippen LogP contribution < -0.4 is 5.32 Å². The van der Waals surface area contributed by atoms with E-state index >= 15 is 0 Å². The van der Waals surface area contributed by atoms with Crippen molar-refractivity contribution in [1.82, 2.24) is 25.2 Å². The molecular formula is C17H22FN5O2. The molecule has 2 aromatic rings. The van der Waals surface area contributed by atoms with Crippen LogP contribution in [0.2, 0.25) is 0 Å². The summed E-state index contributed by atoms with van der Waals surface area (Å²) in [7, 11) is 0. The number of amides is 1. The highest BCUT2D eigenvalue weighted by Crippen LogP contribution is 2.10. The van der Waals surface area contributed by atoms with Gasteiger partial charge in [0.15, 0.2) is 5.69 Å². The van der Waals surface area contributed by atoms with Gasteiger partial charge < -0.3 is 15.3 Å². The van der Waals surface area contributed by atoms with Crippen molar-refractivity contribution in [2.24, 2.45) is 0 Å². The molecule has 2 heterocycles. The van der Waals surface area contributed by atoms with Gasteiger partial charge in [0.1, 0.15) is 5.82 Å². The number of aliphatic hydroxyl groups is 1. The number of hydrogen-bond acceptors (Lipinski definition) is 5. The molecule has 134 valence electrons. The van der Waals surface area contributed by atoms with Crippen molar-refractivity contribution in [2.45, 2.75) is 25.4 Å². The van der Waals surface area contributed by atoms with E-state index in [9.17, 15) is 14.3 Å². The number of rotatable bonds is 6.